The fourth-order valence-corrected chi connectivity index (χ4v) is 2.66. The minimum atomic E-state index is 0. The average Bonchev–Trinajstić information content (AvgIpc) is 2.67. The normalized spacial score (nSPS) is 8.81. The van der Waals surface area contributed by atoms with Crippen LogP contribution in [0.4, 0.5) is 0 Å². The SMILES string of the molecule is C=O.C=O.C=O.Cc1cnc2c(ccc3c(C)c(C)c(Cl)nc32)c1C.[Re]. The summed E-state index contributed by atoms with van der Waals surface area (Å²) in [7, 11) is 0. The maximum Gasteiger partial charge on any atom is 0.133 e. The standard InChI is InChI=1S/C16H15ClN2.3CH2O.Re/c1-8-7-18-14-12(9(8)2)5-6-13-10(3)11(4)16(17)19-15(13)14;3*1-2;/h5-7H,1-4H3;3*1H2;. The van der Waals surface area contributed by atoms with Crippen LogP contribution in [-0.2, 0) is 34.8 Å². The smallest absolute Gasteiger partial charge is 0.133 e. The van der Waals surface area contributed by atoms with Crippen molar-refractivity contribution in [1.82, 2.24) is 9.97 Å². The zero-order valence-corrected chi connectivity index (χ0v) is 18.7. The van der Waals surface area contributed by atoms with Gasteiger partial charge in [-0.2, -0.15) is 0 Å². The Morgan fingerprint density at radius 2 is 1.23 bits per heavy atom. The summed E-state index contributed by atoms with van der Waals surface area (Å²) >= 11 is 6.23. The molecule has 5 nitrogen and oxygen atoms in total. The molecule has 139 valence electrons. The number of nitrogens with zero attached hydrogens (tertiary/aromatic N) is 2. The third-order valence-electron chi connectivity index (χ3n) is 4.02. The number of fused-ring (bicyclic) bond motifs is 3. The van der Waals surface area contributed by atoms with Gasteiger partial charge in [-0.1, -0.05) is 23.7 Å². The van der Waals surface area contributed by atoms with Gasteiger partial charge in [0.2, 0.25) is 0 Å². The van der Waals surface area contributed by atoms with Gasteiger partial charge in [0.15, 0.2) is 0 Å². The van der Waals surface area contributed by atoms with E-state index in [4.69, 9.17) is 26.0 Å². The summed E-state index contributed by atoms with van der Waals surface area (Å²) in [6.45, 7) is 14.3. The minimum absolute atomic E-state index is 0. The number of halogens is 1. The Morgan fingerprint density at radius 3 is 1.73 bits per heavy atom. The van der Waals surface area contributed by atoms with Crippen molar-refractivity contribution in [2.24, 2.45) is 0 Å². The van der Waals surface area contributed by atoms with Gasteiger partial charge in [0.1, 0.15) is 25.5 Å². The quantitative estimate of drug-likeness (QED) is 0.313. The van der Waals surface area contributed by atoms with E-state index in [1.807, 2.05) is 33.5 Å². The third kappa shape index (κ3) is 5.01. The average molecular weight is 547 g/mol. The molecule has 0 amide bonds. The molecule has 0 saturated heterocycles. The first kappa shape index (κ1) is 26.2. The molecular formula is C19H21ClN2O3Re. The Hall–Kier alpha value is -2.00. The minimum Gasteiger partial charge on any atom is -0.307 e. The number of aryl methyl sites for hydroxylation is 3. The number of carbonyl (C=O) groups is 3. The second-order valence-electron chi connectivity index (χ2n) is 5.08. The molecule has 7 heteroatoms. The molecule has 1 aromatic carbocycles. The largest absolute Gasteiger partial charge is 0.307 e. The number of aromatic nitrogens is 2. The first-order chi connectivity index (χ1) is 12.0. The Kier molecular flexibility index (Phi) is 12.5. The van der Waals surface area contributed by atoms with Crippen LogP contribution in [-0.4, -0.2) is 30.3 Å². The van der Waals surface area contributed by atoms with E-state index in [9.17, 15) is 0 Å². The van der Waals surface area contributed by atoms with Gasteiger partial charge in [0.05, 0.1) is 11.0 Å². The van der Waals surface area contributed by atoms with Crippen LogP contribution in [0.1, 0.15) is 22.3 Å². The Balaban J connectivity index is 0. The van der Waals surface area contributed by atoms with Crippen LogP contribution in [0.15, 0.2) is 18.3 Å². The monoisotopic (exact) mass is 547 g/mol. The summed E-state index contributed by atoms with van der Waals surface area (Å²) in [6.07, 6.45) is 1.90. The van der Waals surface area contributed by atoms with E-state index in [1.54, 1.807) is 0 Å². The van der Waals surface area contributed by atoms with Gasteiger partial charge in [-0.15, -0.1) is 0 Å². The molecule has 2 aromatic heterocycles. The van der Waals surface area contributed by atoms with Crippen LogP contribution in [0.3, 0.4) is 0 Å². The first-order valence-electron chi connectivity index (χ1n) is 7.18. The molecule has 3 rings (SSSR count). The molecule has 3 aromatic rings. The predicted octanol–water partition coefficient (Wildman–Crippen LogP) is 4.11. The number of benzene rings is 1. The molecule has 0 fully saturated rings. The summed E-state index contributed by atoms with van der Waals surface area (Å²) < 4.78 is 0. The predicted molar refractivity (Wildman–Crippen MR) is 102 cm³/mol. The van der Waals surface area contributed by atoms with E-state index < -0.39 is 0 Å². The Morgan fingerprint density at radius 1 is 0.769 bits per heavy atom. The molecule has 0 aliphatic carbocycles. The Bertz CT molecular complexity index is 883. The molecule has 0 N–H and O–H groups in total. The number of hydrogen-bond donors (Lipinski definition) is 0. The summed E-state index contributed by atoms with van der Waals surface area (Å²) in [6, 6.07) is 4.26. The summed E-state index contributed by atoms with van der Waals surface area (Å²) in [5.41, 5.74) is 6.50. The van der Waals surface area contributed by atoms with E-state index >= 15 is 0 Å². The van der Waals surface area contributed by atoms with E-state index in [2.05, 4.69) is 42.9 Å². The van der Waals surface area contributed by atoms with Crippen LogP contribution in [0.25, 0.3) is 21.8 Å². The fraction of sp³-hybridized carbons (Fsp3) is 0.211. The van der Waals surface area contributed by atoms with E-state index in [1.165, 1.54) is 16.7 Å². The first-order valence-corrected chi connectivity index (χ1v) is 7.56. The summed E-state index contributed by atoms with van der Waals surface area (Å²) in [4.78, 5) is 33.1. The van der Waals surface area contributed by atoms with Crippen LogP contribution >= 0.6 is 11.6 Å². The van der Waals surface area contributed by atoms with Crippen molar-refractivity contribution in [3.05, 3.63) is 45.7 Å². The maximum absolute atomic E-state index is 8.00. The van der Waals surface area contributed by atoms with Crippen LogP contribution in [0.5, 0.6) is 0 Å². The summed E-state index contributed by atoms with van der Waals surface area (Å²) in [5, 5.41) is 2.85. The van der Waals surface area contributed by atoms with Gasteiger partial charge in [0, 0.05) is 37.4 Å². The molecule has 0 unspecified atom stereocenters. The molecule has 0 bridgehead atoms. The van der Waals surface area contributed by atoms with Crippen LogP contribution < -0.4 is 0 Å². The zero-order chi connectivity index (χ0) is 19.7. The van der Waals surface area contributed by atoms with E-state index in [0.29, 0.717) is 5.15 Å². The number of rotatable bonds is 0. The van der Waals surface area contributed by atoms with Crippen molar-refractivity contribution in [3.8, 4) is 0 Å². The van der Waals surface area contributed by atoms with Gasteiger partial charge < -0.3 is 14.4 Å². The molecule has 1 radical (unpaired) electrons. The molecule has 0 saturated carbocycles. The van der Waals surface area contributed by atoms with Gasteiger partial charge in [0.25, 0.3) is 0 Å². The maximum atomic E-state index is 8.00. The van der Waals surface area contributed by atoms with Crippen molar-refractivity contribution in [2.45, 2.75) is 27.7 Å². The zero-order valence-electron chi connectivity index (χ0n) is 15.2. The molecule has 2 heterocycles. The van der Waals surface area contributed by atoms with E-state index in [-0.39, 0.29) is 20.4 Å². The molecule has 26 heavy (non-hydrogen) atoms. The number of hydrogen-bond acceptors (Lipinski definition) is 5. The summed E-state index contributed by atoms with van der Waals surface area (Å²) in [5.74, 6) is 0. The van der Waals surface area contributed by atoms with Crippen molar-refractivity contribution in [2.75, 3.05) is 0 Å². The van der Waals surface area contributed by atoms with Crippen LogP contribution in [0.2, 0.25) is 5.15 Å². The molecule has 0 atom stereocenters. The van der Waals surface area contributed by atoms with Gasteiger partial charge >= 0.3 is 0 Å². The fourth-order valence-electron chi connectivity index (χ4n) is 2.44. The second-order valence-corrected chi connectivity index (χ2v) is 5.43. The Labute approximate surface area is 171 Å². The molecule has 0 spiro atoms. The molecular weight excluding hydrogens is 526 g/mol. The molecule has 0 aliphatic heterocycles. The second kappa shape index (κ2) is 12.4. The van der Waals surface area contributed by atoms with Crippen molar-refractivity contribution in [3.63, 3.8) is 0 Å². The van der Waals surface area contributed by atoms with Crippen molar-refractivity contribution < 1.29 is 34.8 Å². The van der Waals surface area contributed by atoms with Gasteiger partial charge in [-0.25, -0.2) is 4.98 Å². The van der Waals surface area contributed by atoms with Crippen molar-refractivity contribution in [1.29, 1.82) is 0 Å². The van der Waals surface area contributed by atoms with E-state index in [0.717, 1.165) is 27.4 Å². The number of pyridine rings is 2. The molecule has 0 aliphatic rings. The topological polar surface area (TPSA) is 77.0 Å². The van der Waals surface area contributed by atoms with Gasteiger partial charge in [-0.05, 0) is 49.9 Å². The van der Waals surface area contributed by atoms with Crippen molar-refractivity contribution >= 4 is 53.8 Å². The van der Waals surface area contributed by atoms with Crippen LogP contribution in [0, 0.1) is 27.7 Å². The third-order valence-corrected chi connectivity index (χ3v) is 4.39. The van der Waals surface area contributed by atoms with Gasteiger partial charge in [-0.3, -0.25) is 4.98 Å². The number of carbonyl (C=O) groups excluding carboxylic acids is 3.